The van der Waals surface area contributed by atoms with Gasteiger partial charge in [0.05, 0.1) is 24.5 Å². The highest BCUT2D eigenvalue weighted by atomic mass is 32.2. The standard InChI is InChI=1S/C21H22FN5O3S/c1-26-13-20(25-14-26)31(29,30)27-11-18(15-5-7-16(22)8-6-15)19(12-27)21(28)24-10-17-4-2-3-9-23-17/h2-9,13-14,18-19H,10-12H2,1H3,(H,24,28)/t18-,19+/m1/s1. The van der Waals surface area contributed by atoms with E-state index in [4.69, 9.17) is 0 Å². The predicted molar refractivity (Wildman–Crippen MR) is 111 cm³/mol. The van der Waals surface area contributed by atoms with Crippen molar-refractivity contribution in [3.05, 3.63) is 78.3 Å². The quantitative estimate of drug-likeness (QED) is 0.625. The fourth-order valence-electron chi connectivity index (χ4n) is 3.74. The third kappa shape index (κ3) is 4.49. The summed E-state index contributed by atoms with van der Waals surface area (Å²) in [4.78, 5) is 21.2. The molecule has 2 aromatic heterocycles. The minimum Gasteiger partial charge on any atom is -0.350 e. The maximum Gasteiger partial charge on any atom is 0.262 e. The molecule has 0 unspecified atom stereocenters. The average molecular weight is 444 g/mol. The normalized spacial score (nSPS) is 19.4. The number of aryl methyl sites for hydroxylation is 1. The number of halogens is 1. The van der Waals surface area contributed by atoms with Crippen LogP contribution in [0.4, 0.5) is 4.39 Å². The number of rotatable bonds is 6. The Morgan fingerprint density at radius 3 is 2.58 bits per heavy atom. The first-order valence-corrected chi connectivity index (χ1v) is 11.2. The summed E-state index contributed by atoms with van der Waals surface area (Å²) in [6, 6.07) is 11.2. The minimum atomic E-state index is -3.87. The van der Waals surface area contributed by atoms with Crippen LogP contribution < -0.4 is 5.32 Å². The van der Waals surface area contributed by atoms with Crippen molar-refractivity contribution in [2.24, 2.45) is 13.0 Å². The lowest BCUT2D eigenvalue weighted by Crippen LogP contribution is -2.35. The Labute approximate surface area is 179 Å². The van der Waals surface area contributed by atoms with Crippen molar-refractivity contribution in [3.8, 4) is 0 Å². The number of hydrogen-bond acceptors (Lipinski definition) is 5. The Morgan fingerprint density at radius 1 is 1.16 bits per heavy atom. The third-order valence-corrected chi connectivity index (χ3v) is 7.09. The van der Waals surface area contributed by atoms with Gasteiger partial charge in [0.25, 0.3) is 10.0 Å². The van der Waals surface area contributed by atoms with E-state index >= 15 is 0 Å². The first-order valence-electron chi connectivity index (χ1n) is 9.76. The highest BCUT2D eigenvalue weighted by Gasteiger charge is 2.44. The molecule has 162 valence electrons. The summed E-state index contributed by atoms with van der Waals surface area (Å²) in [5, 5.41) is 2.78. The van der Waals surface area contributed by atoms with E-state index < -0.39 is 27.7 Å². The zero-order valence-corrected chi connectivity index (χ0v) is 17.7. The van der Waals surface area contributed by atoms with Gasteiger partial charge in [-0.05, 0) is 29.8 Å². The molecule has 10 heteroatoms. The largest absolute Gasteiger partial charge is 0.350 e. The molecule has 4 rings (SSSR count). The van der Waals surface area contributed by atoms with Crippen LogP contribution >= 0.6 is 0 Å². The summed E-state index contributed by atoms with van der Waals surface area (Å²) in [6.45, 7) is 0.348. The topological polar surface area (TPSA) is 97.2 Å². The van der Waals surface area contributed by atoms with E-state index in [1.165, 1.54) is 29.0 Å². The lowest BCUT2D eigenvalue weighted by Gasteiger charge is -2.18. The summed E-state index contributed by atoms with van der Waals surface area (Å²) < 4.78 is 42.4. The fraction of sp³-hybridized carbons (Fsp3) is 0.286. The van der Waals surface area contributed by atoms with E-state index in [9.17, 15) is 17.6 Å². The first kappa shape index (κ1) is 21.1. The van der Waals surface area contributed by atoms with Gasteiger partial charge in [-0.15, -0.1) is 0 Å². The highest BCUT2D eigenvalue weighted by Crippen LogP contribution is 2.35. The molecule has 1 saturated heterocycles. The van der Waals surface area contributed by atoms with Gasteiger partial charge in [-0.1, -0.05) is 18.2 Å². The van der Waals surface area contributed by atoms with Crippen molar-refractivity contribution in [2.45, 2.75) is 17.5 Å². The van der Waals surface area contributed by atoms with E-state index in [1.54, 1.807) is 42.1 Å². The van der Waals surface area contributed by atoms with Crippen LogP contribution in [-0.2, 0) is 28.4 Å². The molecule has 1 fully saturated rings. The zero-order valence-electron chi connectivity index (χ0n) is 16.8. The smallest absolute Gasteiger partial charge is 0.262 e. The summed E-state index contributed by atoms with van der Waals surface area (Å²) in [5.41, 5.74) is 1.41. The molecule has 0 saturated carbocycles. The maximum absolute atomic E-state index is 13.4. The van der Waals surface area contributed by atoms with E-state index in [0.29, 0.717) is 11.3 Å². The van der Waals surface area contributed by atoms with E-state index in [-0.39, 0.29) is 30.6 Å². The van der Waals surface area contributed by atoms with Crippen molar-refractivity contribution >= 4 is 15.9 Å². The molecule has 8 nitrogen and oxygen atoms in total. The van der Waals surface area contributed by atoms with Crippen molar-refractivity contribution in [1.29, 1.82) is 0 Å². The second-order valence-electron chi connectivity index (χ2n) is 7.50. The summed E-state index contributed by atoms with van der Waals surface area (Å²) >= 11 is 0. The van der Waals surface area contributed by atoms with E-state index in [0.717, 1.165) is 0 Å². The number of hydrogen-bond donors (Lipinski definition) is 1. The van der Waals surface area contributed by atoms with Crippen LogP contribution in [0.3, 0.4) is 0 Å². The van der Waals surface area contributed by atoms with E-state index in [1.807, 2.05) is 6.07 Å². The van der Waals surface area contributed by atoms with Gasteiger partial charge in [0.15, 0.2) is 5.03 Å². The van der Waals surface area contributed by atoms with Gasteiger partial charge in [0.2, 0.25) is 5.91 Å². The maximum atomic E-state index is 13.4. The summed E-state index contributed by atoms with van der Waals surface area (Å²) in [6.07, 6.45) is 4.48. The molecular weight excluding hydrogens is 421 g/mol. The molecular formula is C21H22FN5O3S. The predicted octanol–water partition coefficient (Wildman–Crippen LogP) is 1.67. The monoisotopic (exact) mass is 443 g/mol. The molecule has 3 aromatic rings. The number of aromatic nitrogens is 3. The first-order chi connectivity index (χ1) is 14.8. The number of sulfonamides is 1. The van der Waals surface area contributed by atoms with Gasteiger partial charge in [0, 0.05) is 38.4 Å². The minimum absolute atomic E-state index is 0.00893. The van der Waals surface area contributed by atoms with Gasteiger partial charge in [-0.3, -0.25) is 9.78 Å². The van der Waals surface area contributed by atoms with Gasteiger partial charge in [-0.2, -0.15) is 4.31 Å². The Hall–Kier alpha value is -3.11. The second-order valence-corrected chi connectivity index (χ2v) is 9.39. The van der Waals surface area contributed by atoms with Crippen molar-refractivity contribution in [1.82, 2.24) is 24.2 Å². The van der Waals surface area contributed by atoms with Gasteiger partial charge in [0.1, 0.15) is 5.82 Å². The molecule has 1 aromatic carbocycles. The van der Waals surface area contributed by atoms with Gasteiger partial charge in [-0.25, -0.2) is 17.8 Å². The second kappa shape index (κ2) is 8.56. The van der Waals surface area contributed by atoms with Crippen LogP contribution in [0.15, 0.2) is 66.2 Å². The van der Waals surface area contributed by atoms with Crippen LogP contribution in [0.25, 0.3) is 0 Å². The van der Waals surface area contributed by atoms with Crippen LogP contribution in [0, 0.1) is 11.7 Å². The number of benzene rings is 1. The molecule has 0 aliphatic carbocycles. The highest BCUT2D eigenvalue weighted by molar-refractivity contribution is 7.89. The SMILES string of the molecule is Cn1cnc(S(=O)(=O)N2C[C@H](C(=O)NCc3ccccn3)[C@@H](c3ccc(F)cc3)C2)c1. The number of amides is 1. The number of carbonyl (C=O) groups excluding carboxylic acids is 1. The Morgan fingerprint density at radius 2 is 1.94 bits per heavy atom. The summed E-state index contributed by atoms with van der Waals surface area (Å²) in [5.74, 6) is -1.72. The van der Waals surface area contributed by atoms with Crippen molar-refractivity contribution in [2.75, 3.05) is 13.1 Å². The Balaban J connectivity index is 1.59. The van der Waals surface area contributed by atoms with Crippen LogP contribution in [-0.4, -0.2) is 46.3 Å². The third-order valence-electron chi connectivity index (χ3n) is 5.38. The van der Waals surface area contributed by atoms with Crippen LogP contribution in [0.1, 0.15) is 17.2 Å². The fourth-order valence-corrected chi connectivity index (χ4v) is 5.20. The van der Waals surface area contributed by atoms with Gasteiger partial charge < -0.3 is 9.88 Å². The van der Waals surface area contributed by atoms with Crippen molar-refractivity contribution < 1.29 is 17.6 Å². The number of nitrogens with zero attached hydrogens (tertiary/aromatic N) is 4. The molecule has 3 heterocycles. The molecule has 1 aliphatic heterocycles. The molecule has 0 radical (unpaired) electrons. The van der Waals surface area contributed by atoms with Crippen LogP contribution in [0.2, 0.25) is 0 Å². The molecule has 2 atom stereocenters. The number of nitrogens with one attached hydrogen (secondary N) is 1. The molecule has 0 bridgehead atoms. The number of carbonyl (C=O) groups is 1. The molecule has 1 amide bonds. The number of pyridine rings is 1. The number of imidazole rings is 1. The van der Waals surface area contributed by atoms with Gasteiger partial charge >= 0.3 is 0 Å². The lowest BCUT2D eigenvalue weighted by atomic mass is 9.88. The molecule has 0 spiro atoms. The Kier molecular flexibility index (Phi) is 5.84. The average Bonchev–Trinajstić information content (AvgIpc) is 3.41. The summed E-state index contributed by atoms with van der Waals surface area (Å²) in [7, 11) is -2.18. The molecule has 31 heavy (non-hydrogen) atoms. The van der Waals surface area contributed by atoms with Crippen LogP contribution in [0.5, 0.6) is 0 Å². The molecule has 1 aliphatic rings. The lowest BCUT2D eigenvalue weighted by molar-refractivity contribution is -0.125. The molecule has 1 N–H and O–H groups in total. The Bertz CT molecular complexity index is 1170. The van der Waals surface area contributed by atoms with Crippen molar-refractivity contribution in [3.63, 3.8) is 0 Å². The van der Waals surface area contributed by atoms with E-state index in [2.05, 4.69) is 15.3 Å². The zero-order chi connectivity index (χ0) is 22.0.